The summed E-state index contributed by atoms with van der Waals surface area (Å²) in [4.78, 5) is 15.8. The van der Waals surface area contributed by atoms with Crippen molar-refractivity contribution in [2.45, 2.75) is 31.8 Å². The molecule has 5 heteroatoms. The molecule has 1 spiro atoms. The van der Waals surface area contributed by atoms with Crippen molar-refractivity contribution in [2.24, 2.45) is 0 Å². The topological polar surface area (TPSA) is 38.8 Å². The lowest BCUT2D eigenvalue weighted by Crippen LogP contribution is -2.49. The number of hydrogen-bond donors (Lipinski definition) is 0. The van der Waals surface area contributed by atoms with E-state index >= 15 is 0 Å². The third-order valence-corrected chi connectivity index (χ3v) is 6.23. The van der Waals surface area contributed by atoms with Crippen molar-refractivity contribution in [1.82, 2.24) is 4.90 Å². The minimum atomic E-state index is -0.178. The normalized spacial score (nSPS) is 18.8. The Bertz CT molecular complexity index is 745. The Morgan fingerprint density at radius 2 is 2.00 bits per heavy atom. The first-order chi connectivity index (χ1) is 12.2. The molecule has 1 saturated heterocycles. The Balaban J connectivity index is 1.34. The zero-order chi connectivity index (χ0) is 17.3. The fourth-order valence-corrected chi connectivity index (χ4v) is 4.71. The van der Waals surface area contributed by atoms with E-state index < -0.39 is 0 Å². The standard InChI is InChI=1S/C20H23NO3S/c1-15-2-4-16(5-3-15)23-14-19(22)21-10-8-20(9-11-21)17-7-13-25-18(17)6-12-24-20/h2-5,7,13H,6,8-12,14H2,1H3. The predicted molar refractivity (Wildman–Crippen MR) is 98.1 cm³/mol. The molecule has 2 aliphatic rings. The Kier molecular flexibility index (Phi) is 4.52. The number of aryl methyl sites for hydroxylation is 1. The average Bonchev–Trinajstić information content (AvgIpc) is 3.12. The van der Waals surface area contributed by atoms with Crippen LogP contribution < -0.4 is 4.74 Å². The highest BCUT2D eigenvalue weighted by Gasteiger charge is 2.42. The predicted octanol–water partition coefficient (Wildman–Crippen LogP) is 3.53. The quantitative estimate of drug-likeness (QED) is 0.844. The molecule has 1 aromatic heterocycles. The number of carbonyl (C=O) groups is 1. The largest absolute Gasteiger partial charge is 0.484 e. The molecule has 0 unspecified atom stereocenters. The van der Waals surface area contributed by atoms with Crippen LogP contribution in [0.15, 0.2) is 35.7 Å². The number of nitrogens with zero attached hydrogens (tertiary/aromatic N) is 1. The molecule has 1 fully saturated rings. The van der Waals surface area contributed by atoms with Gasteiger partial charge in [0, 0.05) is 24.4 Å². The molecule has 3 heterocycles. The molecule has 2 aliphatic heterocycles. The van der Waals surface area contributed by atoms with Crippen LogP contribution in [0.25, 0.3) is 0 Å². The van der Waals surface area contributed by atoms with Gasteiger partial charge in [-0.25, -0.2) is 0 Å². The summed E-state index contributed by atoms with van der Waals surface area (Å²) in [6.45, 7) is 4.38. The van der Waals surface area contributed by atoms with Crippen LogP contribution in [0.3, 0.4) is 0 Å². The summed E-state index contributed by atoms with van der Waals surface area (Å²) < 4.78 is 11.8. The van der Waals surface area contributed by atoms with Crippen molar-refractivity contribution in [2.75, 3.05) is 26.3 Å². The van der Waals surface area contributed by atoms with Gasteiger partial charge in [0.25, 0.3) is 5.91 Å². The summed E-state index contributed by atoms with van der Waals surface area (Å²) in [6, 6.07) is 9.99. The highest BCUT2D eigenvalue weighted by Crippen LogP contribution is 2.43. The second-order valence-electron chi connectivity index (χ2n) is 6.83. The van der Waals surface area contributed by atoms with Crippen LogP contribution >= 0.6 is 11.3 Å². The summed E-state index contributed by atoms with van der Waals surface area (Å²) in [5, 5.41) is 2.16. The molecular weight excluding hydrogens is 334 g/mol. The van der Waals surface area contributed by atoms with E-state index in [1.54, 1.807) is 0 Å². The van der Waals surface area contributed by atoms with E-state index in [0.717, 1.165) is 44.7 Å². The number of rotatable bonds is 3. The van der Waals surface area contributed by atoms with Gasteiger partial charge >= 0.3 is 0 Å². The molecule has 132 valence electrons. The third kappa shape index (κ3) is 3.31. The van der Waals surface area contributed by atoms with Gasteiger partial charge in [0.1, 0.15) is 5.75 Å². The summed E-state index contributed by atoms with van der Waals surface area (Å²) in [5.74, 6) is 0.794. The first-order valence-corrected chi connectivity index (χ1v) is 9.72. The first-order valence-electron chi connectivity index (χ1n) is 8.84. The number of carbonyl (C=O) groups excluding carboxylic acids is 1. The maximum Gasteiger partial charge on any atom is 0.260 e. The number of thiophene rings is 1. The Morgan fingerprint density at radius 1 is 1.24 bits per heavy atom. The molecule has 25 heavy (non-hydrogen) atoms. The first kappa shape index (κ1) is 16.6. The molecular formula is C20H23NO3S. The highest BCUT2D eigenvalue weighted by atomic mass is 32.1. The van der Waals surface area contributed by atoms with Crippen molar-refractivity contribution < 1.29 is 14.3 Å². The van der Waals surface area contributed by atoms with Gasteiger partial charge in [-0.15, -0.1) is 11.3 Å². The van der Waals surface area contributed by atoms with Crippen LogP contribution in [-0.2, 0) is 21.6 Å². The SMILES string of the molecule is Cc1ccc(OCC(=O)N2CCC3(CC2)OCCc2sccc23)cc1. The minimum Gasteiger partial charge on any atom is -0.484 e. The fourth-order valence-electron chi connectivity index (χ4n) is 3.76. The Hall–Kier alpha value is -1.85. The smallest absolute Gasteiger partial charge is 0.260 e. The number of hydrogen-bond acceptors (Lipinski definition) is 4. The average molecular weight is 357 g/mol. The van der Waals surface area contributed by atoms with E-state index in [0.29, 0.717) is 0 Å². The van der Waals surface area contributed by atoms with Crippen LogP contribution in [-0.4, -0.2) is 37.1 Å². The van der Waals surface area contributed by atoms with Gasteiger partial charge in [-0.3, -0.25) is 4.79 Å². The third-order valence-electron chi connectivity index (χ3n) is 5.25. The second kappa shape index (κ2) is 6.81. The molecule has 1 aromatic carbocycles. The zero-order valence-electron chi connectivity index (χ0n) is 14.5. The lowest BCUT2D eigenvalue weighted by atomic mass is 9.82. The van der Waals surface area contributed by atoms with Crippen molar-refractivity contribution in [3.63, 3.8) is 0 Å². The zero-order valence-corrected chi connectivity index (χ0v) is 15.3. The van der Waals surface area contributed by atoms with E-state index in [-0.39, 0.29) is 18.1 Å². The number of fused-ring (bicyclic) bond motifs is 2. The van der Waals surface area contributed by atoms with Gasteiger partial charge in [0.2, 0.25) is 0 Å². The van der Waals surface area contributed by atoms with Crippen LogP contribution in [0.1, 0.15) is 28.8 Å². The van der Waals surface area contributed by atoms with Crippen LogP contribution in [0.2, 0.25) is 0 Å². The molecule has 0 atom stereocenters. The summed E-state index contributed by atoms with van der Waals surface area (Å²) in [6.07, 6.45) is 2.75. The molecule has 4 nitrogen and oxygen atoms in total. The highest BCUT2D eigenvalue weighted by molar-refractivity contribution is 7.10. The lowest BCUT2D eigenvalue weighted by Gasteiger charge is -2.44. The number of ether oxygens (including phenoxy) is 2. The van der Waals surface area contributed by atoms with Gasteiger partial charge in [-0.05, 0) is 48.9 Å². The lowest BCUT2D eigenvalue weighted by molar-refractivity contribution is -0.142. The van der Waals surface area contributed by atoms with E-state index in [1.807, 2.05) is 47.4 Å². The van der Waals surface area contributed by atoms with Crippen molar-refractivity contribution >= 4 is 17.2 Å². The monoisotopic (exact) mass is 357 g/mol. The van der Waals surface area contributed by atoms with Crippen molar-refractivity contribution in [1.29, 1.82) is 0 Å². The van der Waals surface area contributed by atoms with Gasteiger partial charge < -0.3 is 14.4 Å². The van der Waals surface area contributed by atoms with Crippen molar-refractivity contribution in [3.05, 3.63) is 51.7 Å². The van der Waals surface area contributed by atoms with Crippen LogP contribution in [0, 0.1) is 6.92 Å². The van der Waals surface area contributed by atoms with E-state index in [1.165, 1.54) is 16.0 Å². The molecule has 0 radical (unpaired) electrons. The molecule has 1 amide bonds. The number of likely N-dealkylation sites (tertiary alicyclic amines) is 1. The second-order valence-corrected chi connectivity index (χ2v) is 7.83. The number of benzene rings is 1. The number of amides is 1. The fraction of sp³-hybridized carbons (Fsp3) is 0.450. The summed E-state index contributed by atoms with van der Waals surface area (Å²) in [5.41, 5.74) is 2.36. The van der Waals surface area contributed by atoms with Crippen LogP contribution in [0.5, 0.6) is 5.75 Å². The van der Waals surface area contributed by atoms with Crippen LogP contribution in [0.4, 0.5) is 0 Å². The Morgan fingerprint density at radius 3 is 2.76 bits per heavy atom. The molecule has 0 aliphatic carbocycles. The summed E-state index contributed by atoms with van der Waals surface area (Å²) >= 11 is 1.83. The van der Waals surface area contributed by atoms with E-state index in [9.17, 15) is 4.79 Å². The van der Waals surface area contributed by atoms with Crippen molar-refractivity contribution in [3.8, 4) is 5.75 Å². The number of piperidine rings is 1. The van der Waals surface area contributed by atoms with Gasteiger partial charge in [-0.1, -0.05) is 17.7 Å². The molecule has 0 saturated carbocycles. The molecule has 4 rings (SSSR count). The minimum absolute atomic E-state index is 0.0526. The van der Waals surface area contributed by atoms with Gasteiger partial charge in [0.15, 0.2) is 6.61 Å². The van der Waals surface area contributed by atoms with Gasteiger partial charge in [-0.2, -0.15) is 0 Å². The maximum absolute atomic E-state index is 12.5. The molecule has 0 bridgehead atoms. The van der Waals surface area contributed by atoms with E-state index in [2.05, 4.69) is 11.4 Å². The van der Waals surface area contributed by atoms with Gasteiger partial charge in [0.05, 0.1) is 12.2 Å². The molecule has 2 aromatic rings. The maximum atomic E-state index is 12.5. The van der Waals surface area contributed by atoms with E-state index in [4.69, 9.17) is 9.47 Å². The molecule has 0 N–H and O–H groups in total. The Labute approximate surface area is 152 Å². The summed E-state index contributed by atoms with van der Waals surface area (Å²) in [7, 11) is 0.